The van der Waals surface area contributed by atoms with Gasteiger partial charge in [0.15, 0.2) is 6.73 Å². The van der Waals surface area contributed by atoms with Gasteiger partial charge in [0.25, 0.3) is 5.91 Å². The molecule has 5 nitrogen and oxygen atoms in total. The monoisotopic (exact) mass is 279 g/mol. The lowest BCUT2D eigenvalue weighted by molar-refractivity contribution is 0.0949. The number of hydrogen-bond donors (Lipinski definition) is 1. The van der Waals surface area contributed by atoms with Gasteiger partial charge in [0.1, 0.15) is 11.4 Å². The van der Waals surface area contributed by atoms with Gasteiger partial charge in [-0.3, -0.25) is 4.79 Å². The van der Waals surface area contributed by atoms with Gasteiger partial charge in [-0.2, -0.15) is 5.10 Å². The second kappa shape index (κ2) is 6.24. The molecule has 0 aliphatic carbocycles. The number of halogens is 1. The number of carbonyl (C=O) groups excluding carboxylic acids is 1. The SMILES string of the molecule is CCNC(=O)c1ccn(COc2ccccc2Cl)n1. The van der Waals surface area contributed by atoms with E-state index < -0.39 is 0 Å². The number of nitrogens with zero attached hydrogens (tertiary/aromatic N) is 2. The van der Waals surface area contributed by atoms with Crippen LogP contribution in [0.4, 0.5) is 0 Å². The van der Waals surface area contributed by atoms with Crippen molar-refractivity contribution in [1.82, 2.24) is 15.1 Å². The van der Waals surface area contributed by atoms with Crippen LogP contribution in [0.15, 0.2) is 36.5 Å². The third-order valence-corrected chi connectivity index (χ3v) is 2.71. The highest BCUT2D eigenvalue weighted by Crippen LogP contribution is 2.23. The van der Waals surface area contributed by atoms with Gasteiger partial charge < -0.3 is 10.1 Å². The summed E-state index contributed by atoms with van der Waals surface area (Å²) in [6.45, 7) is 2.63. The maximum atomic E-state index is 11.5. The molecular weight excluding hydrogens is 266 g/mol. The molecule has 0 fully saturated rings. The Morgan fingerprint density at radius 3 is 2.95 bits per heavy atom. The summed E-state index contributed by atoms with van der Waals surface area (Å²) >= 11 is 5.97. The third-order valence-electron chi connectivity index (χ3n) is 2.40. The van der Waals surface area contributed by atoms with Crippen LogP contribution >= 0.6 is 11.6 Å². The van der Waals surface area contributed by atoms with Crippen molar-refractivity contribution in [3.8, 4) is 5.75 Å². The summed E-state index contributed by atoms with van der Waals surface area (Å²) in [6, 6.07) is 8.83. The molecule has 2 aromatic rings. The summed E-state index contributed by atoms with van der Waals surface area (Å²) in [4.78, 5) is 11.5. The summed E-state index contributed by atoms with van der Waals surface area (Å²) in [6.07, 6.45) is 1.68. The molecule has 0 bridgehead atoms. The predicted octanol–water partition coefficient (Wildman–Crippen LogP) is 2.32. The van der Waals surface area contributed by atoms with E-state index >= 15 is 0 Å². The number of amides is 1. The van der Waals surface area contributed by atoms with Crippen molar-refractivity contribution in [2.45, 2.75) is 13.7 Å². The zero-order valence-corrected chi connectivity index (χ0v) is 11.2. The largest absolute Gasteiger partial charge is 0.470 e. The van der Waals surface area contributed by atoms with Gasteiger partial charge in [0.05, 0.1) is 5.02 Å². The zero-order valence-electron chi connectivity index (χ0n) is 10.5. The Morgan fingerprint density at radius 2 is 2.21 bits per heavy atom. The predicted molar refractivity (Wildman–Crippen MR) is 72.3 cm³/mol. The minimum absolute atomic E-state index is 0.195. The first-order valence-electron chi connectivity index (χ1n) is 5.89. The van der Waals surface area contributed by atoms with Crippen LogP contribution in [0.5, 0.6) is 5.75 Å². The first kappa shape index (κ1) is 13.4. The molecule has 0 saturated carbocycles. The summed E-state index contributed by atoms with van der Waals surface area (Å²) < 4.78 is 7.05. The molecule has 1 aromatic heterocycles. The average molecular weight is 280 g/mol. The molecule has 6 heteroatoms. The number of para-hydroxylation sites is 1. The standard InChI is InChI=1S/C13H14ClN3O2/c1-2-15-13(18)11-7-8-17(16-11)9-19-12-6-4-3-5-10(12)14/h3-8H,2,9H2,1H3,(H,15,18). The zero-order chi connectivity index (χ0) is 13.7. The van der Waals surface area contributed by atoms with E-state index in [0.29, 0.717) is 23.0 Å². The van der Waals surface area contributed by atoms with Gasteiger partial charge in [-0.1, -0.05) is 23.7 Å². The van der Waals surface area contributed by atoms with Crippen molar-refractivity contribution in [2.75, 3.05) is 6.54 Å². The number of carbonyl (C=O) groups is 1. The van der Waals surface area contributed by atoms with E-state index in [1.807, 2.05) is 19.1 Å². The average Bonchev–Trinajstić information content (AvgIpc) is 2.87. The molecule has 0 saturated heterocycles. The molecule has 1 N–H and O–H groups in total. The van der Waals surface area contributed by atoms with E-state index in [1.165, 1.54) is 4.68 Å². The van der Waals surface area contributed by atoms with Crippen LogP contribution in [0.1, 0.15) is 17.4 Å². The van der Waals surface area contributed by atoms with Crippen LogP contribution in [0, 0.1) is 0 Å². The summed E-state index contributed by atoms with van der Waals surface area (Å²) in [5, 5.41) is 7.33. The van der Waals surface area contributed by atoms with Gasteiger partial charge in [0, 0.05) is 12.7 Å². The van der Waals surface area contributed by atoms with Gasteiger partial charge in [-0.05, 0) is 25.1 Å². The van der Waals surface area contributed by atoms with Crippen molar-refractivity contribution < 1.29 is 9.53 Å². The molecule has 2 rings (SSSR count). The van der Waals surface area contributed by atoms with Gasteiger partial charge in [-0.15, -0.1) is 0 Å². The van der Waals surface area contributed by atoms with Crippen LogP contribution < -0.4 is 10.1 Å². The first-order valence-corrected chi connectivity index (χ1v) is 6.27. The smallest absolute Gasteiger partial charge is 0.271 e. The summed E-state index contributed by atoms with van der Waals surface area (Å²) in [7, 11) is 0. The Balaban J connectivity index is 1.97. The molecule has 19 heavy (non-hydrogen) atoms. The fourth-order valence-corrected chi connectivity index (χ4v) is 1.69. The van der Waals surface area contributed by atoms with Crippen LogP contribution in [-0.4, -0.2) is 22.2 Å². The number of rotatable bonds is 5. The van der Waals surface area contributed by atoms with E-state index in [9.17, 15) is 4.79 Å². The Bertz CT molecular complexity index is 569. The normalized spacial score (nSPS) is 10.2. The molecule has 0 aliphatic heterocycles. The van der Waals surface area contributed by atoms with E-state index in [-0.39, 0.29) is 12.6 Å². The third kappa shape index (κ3) is 3.48. The van der Waals surface area contributed by atoms with Crippen molar-refractivity contribution in [2.24, 2.45) is 0 Å². The molecule has 0 radical (unpaired) electrons. The highest BCUT2D eigenvalue weighted by molar-refractivity contribution is 6.32. The number of benzene rings is 1. The molecule has 100 valence electrons. The summed E-state index contributed by atoms with van der Waals surface area (Å²) in [5.41, 5.74) is 0.365. The van der Waals surface area contributed by atoms with Crippen LogP contribution in [-0.2, 0) is 6.73 Å². The molecule has 0 atom stereocenters. The lowest BCUT2D eigenvalue weighted by Gasteiger charge is -2.07. The molecule has 0 spiro atoms. The fourth-order valence-electron chi connectivity index (χ4n) is 1.50. The minimum Gasteiger partial charge on any atom is -0.470 e. The van der Waals surface area contributed by atoms with Crippen molar-refractivity contribution in [1.29, 1.82) is 0 Å². The molecule has 0 aliphatic rings. The van der Waals surface area contributed by atoms with Crippen LogP contribution in [0.25, 0.3) is 0 Å². The highest BCUT2D eigenvalue weighted by atomic mass is 35.5. The topological polar surface area (TPSA) is 56.2 Å². The molecular formula is C13H14ClN3O2. The maximum absolute atomic E-state index is 11.5. The Morgan fingerprint density at radius 1 is 1.42 bits per heavy atom. The van der Waals surface area contributed by atoms with Crippen molar-refractivity contribution in [3.05, 3.63) is 47.2 Å². The van der Waals surface area contributed by atoms with Crippen LogP contribution in [0.3, 0.4) is 0 Å². The fraction of sp³-hybridized carbons (Fsp3) is 0.231. The van der Waals surface area contributed by atoms with E-state index in [1.54, 1.807) is 24.4 Å². The summed E-state index contributed by atoms with van der Waals surface area (Å²) in [5.74, 6) is 0.387. The number of hydrogen-bond acceptors (Lipinski definition) is 3. The van der Waals surface area contributed by atoms with E-state index in [0.717, 1.165) is 0 Å². The van der Waals surface area contributed by atoms with Crippen LogP contribution in [0.2, 0.25) is 5.02 Å². The number of ether oxygens (including phenoxy) is 1. The van der Waals surface area contributed by atoms with Gasteiger partial charge in [-0.25, -0.2) is 4.68 Å². The molecule has 1 amide bonds. The molecule has 0 unspecified atom stereocenters. The van der Waals surface area contributed by atoms with Gasteiger partial charge in [0.2, 0.25) is 0 Å². The lowest BCUT2D eigenvalue weighted by Crippen LogP contribution is -2.23. The van der Waals surface area contributed by atoms with Crippen molar-refractivity contribution in [3.63, 3.8) is 0 Å². The number of aromatic nitrogens is 2. The first-order chi connectivity index (χ1) is 9.20. The number of nitrogens with one attached hydrogen (secondary N) is 1. The Kier molecular flexibility index (Phi) is 4.41. The molecule has 1 heterocycles. The quantitative estimate of drug-likeness (QED) is 0.914. The minimum atomic E-state index is -0.195. The second-order valence-corrected chi connectivity index (χ2v) is 4.21. The highest BCUT2D eigenvalue weighted by Gasteiger charge is 2.08. The molecule has 1 aromatic carbocycles. The Hall–Kier alpha value is -2.01. The lowest BCUT2D eigenvalue weighted by atomic mass is 10.3. The second-order valence-electron chi connectivity index (χ2n) is 3.80. The van der Waals surface area contributed by atoms with Crippen molar-refractivity contribution >= 4 is 17.5 Å². The van der Waals surface area contributed by atoms with Gasteiger partial charge >= 0.3 is 0 Å². The Labute approximate surface area is 116 Å². The maximum Gasteiger partial charge on any atom is 0.271 e. The van der Waals surface area contributed by atoms with E-state index in [4.69, 9.17) is 16.3 Å². The van der Waals surface area contributed by atoms with E-state index in [2.05, 4.69) is 10.4 Å².